The van der Waals surface area contributed by atoms with E-state index in [0.717, 1.165) is 31.6 Å². The Balaban J connectivity index is 1.97. The van der Waals surface area contributed by atoms with E-state index < -0.39 is 0 Å². The molecule has 2 unspecified atom stereocenters. The third-order valence-corrected chi connectivity index (χ3v) is 4.91. The smallest absolute Gasteiger partial charge is 0.0236 e. The molecule has 1 saturated carbocycles. The molecular weight excluding hydrogens is 256 g/mol. The van der Waals surface area contributed by atoms with Gasteiger partial charge in [0.25, 0.3) is 0 Å². The summed E-state index contributed by atoms with van der Waals surface area (Å²) in [6.07, 6.45) is 6.78. The van der Waals surface area contributed by atoms with Crippen molar-refractivity contribution < 1.29 is 0 Å². The summed E-state index contributed by atoms with van der Waals surface area (Å²) in [5.74, 6) is 0.842. The van der Waals surface area contributed by atoms with E-state index in [0.29, 0.717) is 0 Å². The highest BCUT2D eigenvalue weighted by molar-refractivity contribution is 5.27. The molecular formula is C19H32N2. The summed E-state index contributed by atoms with van der Waals surface area (Å²) in [6.45, 7) is 7.83. The third-order valence-electron chi connectivity index (χ3n) is 4.91. The lowest BCUT2D eigenvalue weighted by atomic mass is 9.85. The fourth-order valence-corrected chi connectivity index (χ4v) is 3.62. The first-order valence-corrected chi connectivity index (χ1v) is 8.70. The zero-order valence-electron chi connectivity index (χ0n) is 14.1. The monoisotopic (exact) mass is 288 g/mol. The summed E-state index contributed by atoms with van der Waals surface area (Å²) < 4.78 is 0. The normalized spacial score (nSPS) is 22.7. The van der Waals surface area contributed by atoms with Gasteiger partial charge in [0.1, 0.15) is 0 Å². The third kappa shape index (κ3) is 4.82. The molecule has 1 aliphatic carbocycles. The number of hydrogen-bond acceptors (Lipinski definition) is 2. The highest BCUT2D eigenvalue weighted by Gasteiger charge is 2.25. The Hall–Kier alpha value is -0.860. The minimum Gasteiger partial charge on any atom is -0.313 e. The average Bonchev–Trinajstić information content (AvgIpc) is 2.49. The summed E-state index contributed by atoms with van der Waals surface area (Å²) in [5, 5.41) is 3.53. The van der Waals surface area contributed by atoms with Gasteiger partial charge in [0.05, 0.1) is 0 Å². The molecule has 0 radical (unpaired) electrons. The van der Waals surface area contributed by atoms with E-state index in [9.17, 15) is 0 Å². The maximum absolute atomic E-state index is 3.53. The van der Waals surface area contributed by atoms with Gasteiger partial charge < -0.3 is 5.32 Å². The standard InChI is InChI=1S/C19H32N2/c1-4-13-20-14-17-10-6-7-11-18(17)15-21(3)19-12-8-5-9-16(19)2/h6-7,10-11,16,19-20H,4-5,8-9,12-15H2,1-3H3. The molecule has 1 aromatic rings. The van der Waals surface area contributed by atoms with Gasteiger partial charge in [-0.15, -0.1) is 0 Å². The van der Waals surface area contributed by atoms with Crippen LogP contribution in [0.2, 0.25) is 0 Å². The molecule has 0 aliphatic heterocycles. The van der Waals surface area contributed by atoms with Crippen molar-refractivity contribution in [2.24, 2.45) is 5.92 Å². The van der Waals surface area contributed by atoms with Gasteiger partial charge in [0.2, 0.25) is 0 Å². The Morgan fingerprint density at radius 3 is 2.57 bits per heavy atom. The van der Waals surface area contributed by atoms with Crippen LogP contribution in [0.25, 0.3) is 0 Å². The SMILES string of the molecule is CCCNCc1ccccc1CN(C)C1CCCCC1C. The van der Waals surface area contributed by atoms with Crippen LogP contribution < -0.4 is 5.32 Å². The number of rotatable bonds is 7. The number of benzene rings is 1. The molecule has 2 nitrogen and oxygen atoms in total. The lowest BCUT2D eigenvalue weighted by Crippen LogP contribution is -2.38. The van der Waals surface area contributed by atoms with Crippen LogP contribution in [0.3, 0.4) is 0 Å². The second-order valence-corrected chi connectivity index (χ2v) is 6.69. The Labute approximate surface area is 130 Å². The van der Waals surface area contributed by atoms with Gasteiger partial charge in [-0.05, 0) is 49.9 Å². The Morgan fingerprint density at radius 2 is 1.86 bits per heavy atom. The first kappa shape index (κ1) is 16.5. The van der Waals surface area contributed by atoms with Crippen LogP contribution in [-0.4, -0.2) is 24.5 Å². The molecule has 0 aromatic heterocycles. The molecule has 1 aliphatic rings. The van der Waals surface area contributed by atoms with Crippen LogP contribution in [0, 0.1) is 5.92 Å². The number of nitrogens with one attached hydrogen (secondary N) is 1. The maximum atomic E-state index is 3.53. The van der Waals surface area contributed by atoms with Crippen molar-refractivity contribution in [2.45, 2.75) is 65.1 Å². The van der Waals surface area contributed by atoms with E-state index in [1.54, 1.807) is 0 Å². The van der Waals surface area contributed by atoms with E-state index in [2.05, 4.69) is 55.4 Å². The van der Waals surface area contributed by atoms with Crippen LogP contribution in [-0.2, 0) is 13.1 Å². The van der Waals surface area contributed by atoms with Crippen LogP contribution in [0.4, 0.5) is 0 Å². The molecule has 2 atom stereocenters. The van der Waals surface area contributed by atoms with Crippen molar-refractivity contribution in [3.63, 3.8) is 0 Å². The topological polar surface area (TPSA) is 15.3 Å². The van der Waals surface area contributed by atoms with Crippen LogP contribution in [0.5, 0.6) is 0 Å². The molecule has 0 saturated heterocycles. The zero-order valence-corrected chi connectivity index (χ0v) is 14.1. The second kappa shape index (κ2) is 8.55. The molecule has 0 amide bonds. The highest BCUT2D eigenvalue weighted by Crippen LogP contribution is 2.28. The fraction of sp³-hybridized carbons (Fsp3) is 0.684. The summed E-state index contributed by atoms with van der Waals surface area (Å²) >= 11 is 0. The summed E-state index contributed by atoms with van der Waals surface area (Å²) in [5.41, 5.74) is 2.95. The molecule has 21 heavy (non-hydrogen) atoms. The summed E-state index contributed by atoms with van der Waals surface area (Å²) in [7, 11) is 2.31. The minimum absolute atomic E-state index is 0.760. The molecule has 2 rings (SSSR count). The van der Waals surface area contributed by atoms with Crippen LogP contribution in [0.15, 0.2) is 24.3 Å². The van der Waals surface area contributed by atoms with Crippen molar-refractivity contribution in [3.05, 3.63) is 35.4 Å². The fourth-order valence-electron chi connectivity index (χ4n) is 3.62. The van der Waals surface area contributed by atoms with Gasteiger partial charge in [-0.1, -0.05) is 51.0 Å². The number of hydrogen-bond donors (Lipinski definition) is 1. The van der Waals surface area contributed by atoms with Crippen molar-refractivity contribution in [1.82, 2.24) is 10.2 Å². The van der Waals surface area contributed by atoms with Gasteiger partial charge in [-0.3, -0.25) is 4.90 Å². The molecule has 2 heteroatoms. The first-order chi connectivity index (χ1) is 10.2. The highest BCUT2D eigenvalue weighted by atomic mass is 15.1. The molecule has 1 N–H and O–H groups in total. The van der Waals surface area contributed by atoms with Gasteiger partial charge in [-0.2, -0.15) is 0 Å². The van der Waals surface area contributed by atoms with Crippen molar-refractivity contribution in [1.29, 1.82) is 0 Å². The maximum Gasteiger partial charge on any atom is 0.0236 e. The number of nitrogens with zero attached hydrogens (tertiary/aromatic N) is 1. The summed E-state index contributed by atoms with van der Waals surface area (Å²) in [6, 6.07) is 9.67. The van der Waals surface area contributed by atoms with Gasteiger partial charge >= 0.3 is 0 Å². The van der Waals surface area contributed by atoms with Gasteiger partial charge in [0.15, 0.2) is 0 Å². The van der Waals surface area contributed by atoms with Crippen LogP contribution >= 0.6 is 0 Å². The van der Waals surface area contributed by atoms with Crippen molar-refractivity contribution in [2.75, 3.05) is 13.6 Å². The molecule has 0 spiro atoms. The lowest BCUT2D eigenvalue weighted by molar-refractivity contribution is 0.133. The van der Waals surface area contributed by atoms with E-state index >= 15 is 0 Å². The van der Waals surface area contributed by atoms with E-state index in [1.165, 1.54) is 43.2 Å². The van der Waals surface area contributed by atoms with Gasteiger partial charge in [-0.25, -0.2) is 0 Å². The largest absolute Gasteiger partial charge is 0.313 e. The van der Waals surface area contributed by atoms with E-state index in [4.69, 9.17) is 0 Å². The average molecular weight is 288 g/mol. The quantitative estimate of drug-likeness (QED) is 0.757. The Kier molecular flexibility index (Phi) is 6.72. The van der Waals surface area contributed by atoms with Gasteiger partial charge in [0, 0.05) is 19.1 Å². The predicted octanol–water partition coefficient (Wildman–Crippen LogP) is 4.20. The Bertz CT molecular complexity index is 416. The zero-order chi connectivity index (χ0) is 15.1. The van der Waals surface area contributed by atoms with E-state index in [1.807, 2.05) is 0 Å². The molecule has 1 fully saturated rings. The lowest BCUT2D eigenvalue weighted by Gasteiger charge is -2.36. The molecule has 0 bridgehead atoms. The van der Waals surface area contributed by atoms with Crippen molar-refractivity contribution >= 4 is 0 Å². The second-order valence-electron chi connectivity index (χ2n) is 6.69. The minimum atomic E-state index is 0.760. The van der Waals surface area contributed by atoms with Crippen molar-refractivity contribution in [3.8, 4) is 0 Å². The molecule has 1 aromatic carbocycles. The summed E-state index contributed by atoms with van der Waals surface area (Å²) in [4.78, 5) is 2.59. The Morgan fingerprint density at radius 1 is 1.14 bits per heavy atom. The van der Waals surface area contributed by atoms with Crippen LogP contribution in [0.1, 0.15) is 57.1 Å². The predicted molar refractivity (Wildman–Crippen MR) is 91.3 cm³/mol. The molecule has 0 heterocycles. The molecule has 118 valence electrons. The van der Waals surface area contributed by atoms with E-state index in [-0.39, 0.29) is 0 Å². The first-order valence-electron chi connectivity index (χ1n) is 8.70.